The fourth-order valence-corrected chi connectivity index (χ4v) is 2.07. The number of rotatable bonds is 8. The van der Waals surface area contributed by atoms with Crippen LogP contribution in [0.4, 0.5) is 5.95 Å². The lowest BCUT2D eigenvalue weighted by Crippen LogP contribution is -2.11. The highest BCUT2D eigenvalue weighted by Gasteiger charge is 2.15. The van der Waals surface area contributed by atoms with Crippen molar-refractivity contribution >= 4 is 18.2 Å². The monoisotopic (exact) mass is 327 g/mol. The Morgan fingerprint density at radius 3 is 2.96 bits per heavy atom. The molecule has 7 nitrogen and oxygen atoms in total. The third-order valence-electron chi connectivity index (χ3n) is 3.22. The third kappa shape index (κ3) is 4.36. The molecule has 0 saturated heterocycles. The lowest BCUT2D eigenvalue weighted by Gasteiger charge is -2.10. The van der Waals surface area contributed by atoms with Crippen LogP contribution in [-0.4, -0.2) is 42.1 Å². The van der Waals surface area contributed by atoms with Crippen LogP contribution in [-0.2, 0) is 4.74 Å². The molecule has 2 aromatic rings. The maximum Gasteiger partial charge on any atom is 0.223 e. The Hall–Kier alpha value is -2.80. The van der Waals surface area contributed by atoms with Gasteiger partial charge in [-0.3, -0.25) is 4.99 Å². The van der Waals surface area contributed by atoms with E-state index in [1.54, 1.807) is 19.5 Å². The van der Waals surface area contributed by atoms with Gasteiger partial charge in [0.1, 0.15) is 0 Å². The van der Waals surface area contributed by atoms with Crippen molar-refractivity contribution in [3.05, 3.63) is 42.0 Å². The summed E-state index contributed by atoms with van der Waals surface area (Å²) in [6.45, 7) is 8.44. The summed E-state index contributed by atoms with van der Waals surface area (Å²) in [7, 11) is 1.65. The molecule has 0 atom stereocenters. The number of aliphatic imine (C=N–C) groups is 1. The summed E-state index contributed by atoms with van der Waals surface area (Å²) in [5.74, 6) is 1.13. The van der Waals surface area contributed by atoms with E-state index in [9.17, 15) is 0 Å². The Labute approximate surface area is 141 Å². The Kier molecular flexibility index (Phi) is 6.39. The van der Waals surface area contributed by atoms with E-state index in [0.29, 0.717) is 24.9 Å². The summed E-state index contributed by atoms with van der Waals surface area (Å²) in [5, 5.41) is 7.06. The summed E-state index contributed by atoms with van der Waals surface area (Å²) in [6.07, 6.45) is 7.11. The highest BCUT2D eigenvalue weighted by Crippen LogP contribution is 2.29. The van der Waals surface area contributed by atoms with Gasteiger partial charge in [-0.05, 0) is 32.2 Å². The number of nitrogens with zero attached hydrogens (tertiary/aromatic N) is 4. The molecular weight excluding hydrogens is 306 g/mol. The van der Waals surface area contributed by atoms with Crippen LogP contribution >= 0.6 is 0 Å². The quantitative estimate of drug-likeness (QED) is 0.455. The Morgan fingerprint density at radius 1 is 1.50 bits per heavy atom. The molecule has 0 aliphatic carbocycles. The van der Waals surface area contributed by atoms with Crippen LogP contribution < -0.4 is 5.32 Å². The number of methoxy groups -OCH3 is 1. The van der Waals surface area contributed by atoms with Crippen molar-refractivity contribution in [1.29, 1.82) is 0 Å². The zero-order valence-electron chi connectivity index (χ0n) is 14.1. The zero-order valence-corrected chi connectivity index (χ0v) is 14.1. The molecule has 2 heterocycles. The highest BCUT2D eigenvalue weighted by atomic mass is 16.5. The molecule has 0 bridgehead atoms. The van der Waals surface area contributed by atoms with E-state index in [-0.39, 0.29) is 0 Å². The number of hydrogen-bond acceptors (Lipinski definition) is 7. The Morgan fingerprint density at radius 2 is 2.33 bits per heavy atom. The summed E-state index contributed by atoms with van der Waals surface area (Å²) in [4.78, 5) is 12.7. The van der Waals surface area contributed by atoms with Crippen LogP contribution in [0.2, 0.25) is 0 Å². The summed E-state index contributed by atoms with van der Waals surface area (Å²) in [6, 6.07) is 1.85. The van der Waals surface area contributed by atoms with Crippen molar-refractivity contribution in [3.63, 3.8) is 0 Å². The van der Waals surface area contributed by atoms with Crippen LogP contribution in [0.5, 0.6) is 0 Å². The molecule has 24 heavy (non-hydrogen) atoms. The normalized spacial score (nSPS) is 11.9. The summed E-state index contributed by atoms with van der Waals surface area (Å²) >= 11 is 0. The van der Waals surface area contributed by atoms with Gasteiger partial charge in [-0.2, -0.15) is 0 Å². The minimum absolute atomic E-state index is 0.515. The van der Waals surface area contributed by atoms with Gasteiger partial charge < -0.3 is 14.6 Å². The average molecular weight is 327 g/mol. The average Bonchev–Trinajstić information content (AvgIpc) is 3.02. The first-order valence-corrected chi connectivity index (χ1v) is 7.52. The van der Waals surface area contributed by atoms with Crippen molar-refractivity contribution in [1.82, 2.24) is 15.1 Å². The molecule has 0 aromatic carbocycles. The van der Waals surface area contributed by atoms with E-state index in [2.05, 4.69) is 32.2 Å². The van der Waals surface area contributed by atoms with E-state index in [0.717, 1.165) is 22.5 Å². The fourth-order valence-electron chi connectivity index (χ4n) is 2.07. The van der Waals surface area contributed by atoms with Gasteiger partial charge in [0.25, 0.3) is 0 Å². The number of anilines is 1. The zero-order chi connectivity index (χ0) is 17.4. The maximum atomic E-state index is 5.37. The summed E-state index contributed by atoms with van der Waals surface area (Å²) in [5.41, 5.74) is 3.16. The predicted octanol–water partition coefficient (Wildman–Crippen LogP) is 3.12. The lowest BCUT2D eigenvalue weighted by molar-refractivity contribution is 0.210. The molecule has 2 aromatic heterocycles. The molecule has 0 aliphatic rings. The minimum atomic E-state index is 0.515. The topological polar surface area (TPSA) is 85.4 Å². The maximum absolute atomic E-state index is 5.37. The van der Waals surface area contributed by atoms with Gasteiger partial charge in [-0.15, -0.1) is 0 Å². The number of hydrogen-bond donors (Lipinski definition) is 1. The van der Waals surface area contributed by atoms with Crippen molar-refractivity contribution in [2.75, 3.05) is 25.6 Å². The lowest BCUT2D eigenvalue weighted by atomic mass is 10.1. The van der Waals surface area contributed by atoms with Gasteiger partial charge >= 0.3 is 0 Å². The van der Waals surface area contributed by atoms with E-state index in [1.165, 1.54) is 0 Å². The second-order valence-electron chi connectivity index (χ2n) is 4.95. The SMILES string of the molecule is C=N/C=C\C(=C/C)c1nc(NCCOC)ncc1-c1cc(C)no1. The number of ether oxygens (including phenoxy) is 1. The van der Waals surface area contributed by atoms with Gasteiger partial charge in [0.15, 0.2) is 5.76 Å². The van der Waals surface area contributed by atoms with Gasteiger partial charge in [-0.25, -0.2) is 9.97 Å². The van der Waals surface area contributed by atoms with E-state index >= 15 is 0 Å². The van der Waals surface area contributed by atoms with E-state index in [1.807, 2.05) is 32.1 Å². The van der Waals surface area contributed by atoms with Crippen molar-refractivity contribution in [2.24, 2.45) is 4.99 Å². The second-order valence-corrected chi connectivity index (χ2v) is 4.95. The highest BCUT2D eigenvalue weighted by molar-refractivity contribution is 5.81. The van der Waals surface area contributed by atoms with Gasteiger partial charge in [0, 0.05) is 32.1 Å². The first kappa shape index (κ1) is 17.6. The van der Waals surface area contributed by atoms with Crippen molar-refractivity contribution < 1.29 is 9.26 Å². The van der Waals surface area contributed by atoms with Gasteiger partial charge in [-0.1, -0.05) is 11.2 Å². The van der Waals surface area contributed by atoms with Crippen LogP contribution in [0.15, 0.2) is 40.1 Å². The van der Waals surface area contributed by atoms with Gasteiger partial charge in [0.05, 0.1) is 23.6 Å². The van der Waals surface area contributed by atoms with Crippen LogP contribution in [0.25, 0.3) is 16.9 Å². The first-order chi connectivity index (χ1) is 11.7. The molecule has 1 N–H and O–H groups in total. The molecule has 126 valence electrons. The first-order valence-electron chi connectivity index (χ1n) is 7.52. The number of nitrogens with one attached hydrogen (secondary N) is 1. The van der Waals surface area contributed by atoms with Crippen LogP contribution in [0, 0.1) is 6.92 Å². The van der Waals surface area contributed by atoms with Crippen LogP contribution in [0.3, 0.4) is 0 Å². The Bertz CT molecular complexity index is 749. The number of aromatic nitrogens is 3. The van der Waals surface area contributed by atoms with Gasteiger partial charge in [0.2, 0.25) is 5.95 Å². The van der Waals surface area contributed by atoms with Crippen LogP contribution in [0.1, 0.15) is 18.3 Å². The summed E-state index contributed by atoms with van der Waals surface area (Å²) < 4.78 is 10.4. The molecule has 7 heteroatoms. The Balaban J connectivity index is 2.45. The predicted molar refractivity (Wildman–Crippen MR) is 95.0 cm³/mol. The molecule has 0 unspecified atom stereocenters. The molecule has 0 aliphatic heterocycles. The molecule has 2 rings (SSSR count). The number of allylic oxidation sites excluding steroid dienone is 3. The van der Waals surface area contributed by atoms with Crippen molar-refractivity contribution in [2.45, 2.75) is 13.8 Å². The standard InChI is InChI=1S/C17H21N5O2/c1-5-13(6-7-18-3)16-14(15-10-12(2)22-24-15)11-20-17(21-16)19-8-9-23-4/h5-7,10-11H,3,8-9H2,1-2,4H3,(H,19,20,21)/b7-6-,13-5+. The van der Waals surface area contributed by atoms with Crippen molar-refractivity contribution in [3.8, 4) is 11.3 Å². The smallest absolute Gasteiger partial charge is 0.223 e. The molecular formula is C17H21N5O2. The van der Waals surface area contributed by atoms with E-state index < -0.39 is 0 Å². The molecule has 0 spiro atoms. The number of aryl methyl sites for hydroxylation is 1. The third-order valence-corrected chi connectivity index (χ3v) is 3.22. The largest absolute Gasteiger partial charge is 0.383 e. The molecule has 0 radical (unpaired) electrons. The molecule has 0 fully saturated rings. The minimum Gasteiger partial charge on any atom is -0.383 e. The fraction of sp³-hybridized carbons (Fsp3) is 0.294. The second kappa shape index (κ2) is 8.73. The molecule has 0 amide bonds. The van der Waals surface area contributed by atoms with E-state index in [4.69, 9.17) is 9.26 Å². The molecule has 0 saturated carbocycles.